The minimum absolute atomic E-state index is 0.308. The molecule has 3 heterocycles. The molecule has 0 saturated carbocycles. The van der Waals surface area contributed by atoms with Gasteiger partial charge >= 0.3 is 0 Å². The van der Waals surface area contributed by atoms with Crippen LogP contribution in [0.2, 0.25) is 5.02 Å². The Labute approximate surface area is 265 Å². The van der Waals surface area contributed by atoms with Crippen LogP contribution in [0.1, 0.15) is 39.2 Å². The van der Waals surface area contributed by atoms with Crippen molar-refractivity contribution in [2.24, 2.45) is 0 Å². The lowest BCUT2D eigenvalue weighted by atomic mass is 10.0. The van der Waals surface area contributed by atoms with E-state index in [0.29, 0.717) is 52.9 Å². The number of ether oxygens (including phenoxy) is 1. The first-order chi connectivity index (χ1) is 21.0. The van der Waals surface area contributed by atoms with Gasteiger partial charge in [0.1, 0.15) is 10.8 Å². The van der Waals surface area contributed by atoms with Gasteiger partial charge in [0, 0.05) is 50.5 Å². The van der Waals surface area contributed by atoms with Gasteiger partial charge in [-0.2, -0.15) is 4.98 Å². The summed E-state index contributed by atoms with van der Waals surface area (Å²) in [6.45, 7) is 9.41. The summed E-state index contributed by atoms with van der Waals surface area (Å²) in [6, 6.07) is 12.3. The average Bonchev–Trinajstić information content (AvgIpc) is 3.45. The smallest absolute Gasteiger partial charge is 0.240 e. The first-order valence-electron chi connectivity index (χ1n) is 15.0. The predicted molar refractivity (Wildman–Crippen MR) is 180 cm³/mol. The Bertz CT molecular complexity index is 1570. The SMILES string of the molecule is CNCCNC1CCN(c2ccc(Nc3ncc(Cl)c(Nc4cccc5c4N(S(=O)(=O)C(C)(C)C)CC5)n3)c(OC)c2)CC1. The van der Waals surface area contributed by atoms with Gasteiger partial charge in [-0.1, -0.05) is 23.7 Å². The van der Waals surface area contributed by atoms with Gasteiger partial charge in [0.15, 0.2) is 5.82 Å². The zero-order valence-electron chi connectivity index (χ0n) is 26.1. The molecule has 0 unspecified atom stereocenters. The molecule has 0 amide bonds. The molecule has 0 bridgehead atoms. The molecule has 1 fully saturated rings. The molecular weight excluding hydrogens is 600 g/mol. The van der Waals surface area contributed by atoms with Crippen molar-refractivity contribution < 1.29 is 13.2 Å². The monoisotopic (exact) mass is 642 g/mol. The van der Waals surface area contributed by atoms with E-state index in [1.165, 1.54) is 10.5 Å². The first-order valence-corrected chi connectivity index (χ1v) is 16.9. The summed E-state index contributed by atoms with van der Waals surface area (Å²) in [7, 11) is 0.0163. The van der Waals surface area contributed by atoms with E-state index < -0.39 is 14.8 Å². The van der Waals surface area contributed by atoms with Gasteiger partial charge in [-0.15, -0.1) is 0 Å². The number of likely N-dealkylation sites (N-methyl/N-ethyl adjacent to an activating group) is 1. The molecule has 2 aliphatic heterocycles. The number of piperidine rings is 1. The number of nitrogens with zero attached hydrogens (tertiary/aromatic N) is 4. The maximum absolute atomic E-state index is 13.4. The van der Waals surface area contributed by atoms with Crippen LogP contribution in [0.5, 0.6) is 5.75 Å². The largest absolute Gasteiger partial charge is 0.494 e. The summed E-state index contributed by atoms with van der Waals surface area (Å²) >= 11 is 6.53. The second-order valence-corrected chi connectivity index (χ2v) is 15.1. The first kappa shape index (κ1) is 32.1. The maximum Gasteiger partial charge on any atom is 0.240 e. The van der Waals surface area contributed by atoms with E-state index >= 15 is 0 Å². The predicted octanol–water partition coefficient (Wildman–Crippen LogP) is 4.89. The summed E-state index contributed by atoms with van der Waals surface area (Å²) in [5.41, 5.74) is 4.01. The van der Waals surface area contributed by atoms with Crippen LogP contribution in [-0.4, -0.2) is 76.1 Å². The number of para-hydroxylation sites is 1. The van der Waals surface area contributed by atoms with Crippen LogP contribution in [-0.2, 0) is 16.4 Å². The lowest BCUT2D eigenvalue weighted by Crippen LogP contribution is -2.44. The number of halogens is 1. The Morgan fingerprint density at radius 1 is 1.05 bits per heavy atom. The van der Waals surface area contributed by atoms with Crippen LogP contribution in [0.25, 0.3) is 0 Å². The van der Waals surface area contributed by atoms with E-state index in [-0.39, 0.29) is 0 Å². The van der Waals surface area contributed by atoms with Crippen LogP contribution in [0.3, 0.4) is 0 Å². The molecule has 0 atom stereocenters. The summed E-state index contributed by atoms with van der Waals surface area (Å²) < 4.78 is 33.1. The maximum atomic E-state index is 13.4. The number of rotatable bonds is 11. The third kappa shape index (κ3) is 6.83. The minimum Gasteiger partial charge on any atom is -0.494 e. The molecule has 5 rings (SSSR count). The second kappa shape index (κ2) is 13.4. The average molecular weight is 643 g/mol. The number of aromatic nitrogens is 2. The Balaban J connectivity index is 1.32. The zero-order valence-corrected chi connectivity index (χ0v) is 27.6. The van der Waals surface area contributed by atoms with Crippen molar-refractivity contribution in [2.45, 2.75) is 50.8 Å². The van der Waals surface area contributed by atoms with Crippen molar-refractivity contribution in [3.63, 3.8) is 0 Å². The molecule has 1 saturated heterocycles. The van der Waals surface area contributed by atoms with Crippen LogP contribution in [0, 0.1) is 0 Å². The number of anilines is 6. The van der Waals surface area contributed by atoms with Gasteiger partial charge < -0.3 is 30.9 Å². The molecule has 2 aliphatic rings. The van der Waals surface area contributed by atoms with Crippen LogP contribution >= 0.6 is 11.6 Å². The minimum atomic E-state index is -3.60. The molecule has 44 heavy (non-hydrogen) atoms. The van der Waals surface area contributed by atoms with Crippen molar-refractivity contribution in [2.75, 3.05) is 66.7 Å². The molecule has 11 nitrogen and oxygen atoms in total. The molecule has 3 aromatic rings. The summed E-state index contributed by atoms with van der Waals surface area (Å²) in [5, 5.41) is 13.6. The van der Waals surface area contributed by atoms with Crippen LogP contribution < -0.4 is 35.2 Å². The number of hydrogen-bond donors (Lipinski definition) is 4. The van der Waals surface area contributed by atoms with E-state index in [0.717, 1.165) is 56.0 Å². The normalized spacial score (nSPS) is 15.8. The third-order valence-electron chi connectivity index (χ3n) is 8.11. The van der Waals surface area contributed by atoms with Gasteiger partial charge in [0.05, 0.1) is 35.1 Å². The summed E-state index contributed by atoms with van der Waals surface area (Å²) in [4.78, 5) is 11.4. The summed E-state index contributed by atoms with van der Waals surface area (Å²) in [6.07, 6.45) is 4.32. The number of benzene rings is 2. The van der Waals surface area contributed by atoms with E-state index in [4.69, 9.17) is 16.3 Å². The number of nitrogens with one attached hydrogen (secondary N) is 4. The van der Waals surface area contributed by atoms with Gasteiger partial charge in [-0.25, -0.2) is 13.4 Å². The lowest BCUT2D eigenvalue weighted by Gasteiger charge is -2.34. The standard InChI is InChI=1S/C31H43ClN8O3S/c1-31(2,3)44(41,42)40-18-11-21-7-6-8-26(28(21)40)36-29-24(32)20-35-30(38-29)37-25-10-9-23(19-27(25)43-5)39-16-12-22(13-17-39)34-15-14-33-4/h6-10,19-20,22,33-34H,11-18H2,1-5H3,(H2,35,36,37,38). The van der Waals surface area contributed by atoms with E-state index in [1.54, 1.807) is 27.9 Å². The Hall–Kier alpha value is -3.32. The molecular formula is C31H43ClN8O3S. The van der Waals surface area contributed by atoms with E-state index in [1.807, 2.05) is 37.4 Å². The number of fused-ring (bicyclic) bond motifs is 1. The van der Waals surface area contributed by atoms with Crippen LogP contribution in [0.4, 0.5) is 34.5 Å². The number of hydrogen-bond acceptors (Lipinski definition) is 10. The van der Waals surface area contributed by atoms with Crippen molar-refractivity contribution in [1.29, 1.82) is 0 Å². The van der Waals surface area contributed by atoms with Crippen LogP contribution in [0.15, 0.2) is 42.6 Å². The topological polar surface area (TPSA) is 124 Å². The van der Waals surface area contributed by atoms with Crippen molar-refractivity contribution in [1.82, 2.24) is 20.6 Å². The fourth-order valence-electron chi connectivity index (χ4n) is 5.58. The zero-order chi connectivity index (χ0) is 31.5. The van der Waals surface area contributed by atoms with Gasteiger partial charge in [0.2, 0.25) is 16.0 Å². The Kier molecular flexibility index (Phi) is 9.74. The van der Waals surface area contributed by atoms with Crippen molar-refractivity contribution in [3.05, 3.63) is 53.2 Å². The molecule has 0 radical (unpaired) electrons. The highest BCUT2D eigenvalue weighted by Gasteiger charge is 2.39. The van der Waals surface area contributed by atoms with Gasteiger partial charge in [0.25, 0.3) is 0 Å². The third-order valence-corrected chi connectivity index (χ3v) is 10.9. The fourth-order valence-corrected chi connectivity index (χ4v) is 7.17. The highest BCUT2D eigenvalue weighted by Crippen LogP contribution is 2.42. The lowest BCUT2D eigenvalue weighted by molar-refractivity contribution is 0.410. The van der Waals surface area contributed by atoms with Gasteiger partial charge in [-0.05, 0) is 70.8 Å². The van der Waals surface area contributed by atoms with E-state index in [2.05, 4.69) is 42.2 Å². The molecule has 0 spiro atoms. The summed E-state index contributed by atoms with van der Waals surface area (Å²) in [5.74, 6) is 1.36. The van der Waals surface area contributed by atoms with Crippen molar-refractivity contribution >= 4 is 56.1 Å². The van der Waals surface area contributed by atoms with E-state index in [9.17, 15) is 8.42 Å². The Morgan fingerprint density at radius 2 is 1.82 bits per heavy atom. The Morgan fingerprint density at radius 3 is 2.52 bits per heavy atom. The number of sulfonamides is 1. The van der Waals surface area contributed by atoms with Gasteiger partial charge in [-0.3, -0.25) is 4.31 Å². The van der Waals surface area contributed by atoms with Crippen molar-refractivity contribution in [3.8, 4) is 5.75 Å². The molecule has 2 aromatic carbocycles. The molecule has 4 N–H and O–H groups in total. The molecule has 238 valence electrons. The second-order valence-electron chi connectivity index (χ2n) is 12.1. The molecule has 1 aromatic heterocycles. The highest BCUT2D eigenvalue weighted by molar-refractivity contribution is 7.94. The fraction of sp³-hybridized carbons (Fsp3) is 0.484. The molecule has 13 heteroatoms. The quantitative estimate of drug-likeness (QED) is 0.215. The highest BCUT2D eigenvalue weighted by atomic mass is 35.5. The number of methoxy groups -OCH3 is 1. The molecule has 0 aliphatic carbocycles.